The number of ketones is 1. The summed E-state index contributed by atoms with van der Waals surface area (Å²) in [6, 6.07) is 13.8. The summed E-state index contributed by atoms with van der Waals surface area (Å²) in [7, 11) is 0. The molecule has 104 valence electrons. The molecule has 2 aromatic carbocycles. The number of para-hydroxylation sites is 1. The maximum absolute atomic E-state index is 13.2. The van der Waals surface area contributed by atoms with Gasteiger partial charge in [-0.3, -0.25) is 4.79 Å². The lowest BCUT2D eigenvalue weighted by Gasteiger charge is -2.24. The van der Waals surface area contributed by atoms with Gasteiger partial charge >= 0.3 is 0 Å². The molecule has 0 N–H and O–H groups in total. The van der Waals surface area contributed by atoms with Crippen LogP contribution in [-0.2, 0) is 0 Å². The third-order valence-corrected chi connectivity index (χ3v) is 3.32. The average molecular weight is 271 g/mol. The number of likely N-dealkylation sites (N-methyl/N-ethyl adjacent to an activating group) is 1. The molecule has 0 aliphatic rings. The van der Waals surface area contributed by atoms with Gasteiger partial charge in [-0.25, -0.2) is 4.39 Å². The highest BCUT2D eigenvalue weighted by Crippen LogP contribution is 2.19. The zero-order chi connectivity index (χ0) is 14.5. The van der Waals surface area contributed by atoms with E-state index in [1.807, 2.05) is 43.0 Å². The first kappa shape index (κ1) is 14.3. The number of benzene rings is 2. The average Bonchev–Trinajstić information content (AvgIpc) is 2.45. The summed E-state index contributed by atoms with van der Waals surface area (Å²) in [6.45, 7) is 5.01. The van der Waals surface area contributed by atoms with E-state index in [0.717, 1.165) is 17.8 Å². The molecule has 0 bridgehead atoms. The Hall–Kier alpha value is -2.16. The van der Waals surface area contributed by atoms with E-state index in [-0.39, 0.29) is 18.1 Å². The Kier molecular flexibility index (Phi) is 4.51. The lowest BCUT2D eigenvalue weighted by Crippen LogP contribution is -2.30. The van der Waals surface area contributed by atoms with Crippen LogP contribution in [0.15, 0.2) is 48.5 Å². The van der Waals surface area contributed by atoms with Crippen LogP contribution in [0, 0.1) is 12.7 Å². The lowest BCUT2D eigenvalue weighted by atomic mass is 10.1. The van der Waals surface area contributed by atoms with Gasteiger partial charge in [0.05, 0.1) is 6.54 Å². The van der Waals surface area contributed by atoms with Gasteiger partial charge in [0, 0.05) is 17.8 Å². The number of rotatable bonds is 5. The second-order valence-corrected chi connectivity index (χ2v) is 4.73. The van der Waals surface area contributed by atoms with Gasteiger partial charge < -0.3 is 4.90 Å². The molecule has 0 atom stereocenters. The van der Waals surface area contributed by atoms with E-state index >= 15 is 0 Å². The molecule has 0 amide bonds. The Balaban J connectivity index is 2.19. The SMILES string of the molecule is CCN(CC(=O)c1cccc(F)c1)c1ccccc1C. The first-order chi connectivity index (χ1) is 9.61. The molecule has 2 rings (SSSR count). The third-order valence-electron chi connectivity index (χ3n) is 3.32. The second kappa shape index (κ2) is 6.33. The van der Waals surface area contributed by atoms with Crippen molar-refractivity contribution in [1.82, 2.24) is 0 Å². The maximum atomic E-state index is 13.2. The molecule has 2 nitrogen and oxygen atoms in total. The smallest absolute Gasteiger partial charge is 0.182 e. The van der Waals surface area contributed by atoms with Crippen molar-refractivity contribution in [2.45, 2.75) is 13.8 Å². The summed E-state index contributed by atoms with van der Waals surface area (Å²) >= 11 is 0. The van der Waals surface area contributed by atoms with Crippen LogP contribution in [0.4, 0.5) is 10.1 Å². The van der Waals surface area contributed by atoms with E-state index in [2.05, 4.69) is 0 Å². The minimum absolute atomic E-state index is 0.0744. The Bertz CT molecular complexity index is 609. The molecular weight excluding hydrogens is 253 g/mol. The molecule has 2 aromatic rings. The quantitative estimate of drug-likeness (QED) is 0.770. The van der Waals surface area contributed by atoms with Crippen molar-refractivity contribution in [2.75, 3.05) is 18.0 Å². The molecule has 0 saturated heterocycles. The number of Topliss-reactive ketones (excluding diaryl/α,β-unsaturated/α-hetero) is 1. The van der Waals surface area contributed by atoms with Gasteiger partial charge in [-0.2, -0.15) is 0 Å². The van der Waals surface area contributed by atoms with Crippen molar-refractivity contribution in [3.8, 4) is 0 Å². The molecule has 0 heterocycles. The first-order valence-electron chi connectivity index (χ1n) is 6.71. The summed E-state index contributed by atoms with van der Waals surface area (Å²) in [5.74, 6) is -0.454. The second-order valence-electron chi connectivity index (χ2n) is 4.73. The summed E-state index contributed by atoms with van der Waals surface area (Å²) in [4.78, 5) is 14.2. The van der Waals surface area contributed by atoms with Crippen LogP contribution in [0.1, 0.15) is 22.8 Å². The standard InChI is InChI=1S/C17H18FNO/c1-3-19(16-10-5-4-7-13(16)2)12-17(20)14-8-6-9-15(18)11-14/h4-11H,3,12H2,1-2H3. The predicted molar refractivity (Wildman–Crippen MR) is 79.8 cm³/mol. The van der Waals surface area contributed by atoms with Crippen molar-refractivity contribution in [1.29, 1.82) is 0 Å². The number of carbonyl (C=O) groups is 1. The molecule has 0 unspecified atom stereocenters. The van der Waals surface area contributed by atoms with Gasteiger partial charge in [0.25, 0.3) is 0 Å². The Morgan fingerprint density at radius 2 is 1.90 bits per heavy atom. The minimum Gasteiger partial charge on any atom is -0.364 e. The molecule has 0 aliphatic heterocycles. The van der Waals surface area contributed by atoms with E-state index in [1.54, 1.807) is 12.1 Å². The fourth-order valence-corrected chi connectivity index (χ4v) is 2.21. The van der Waals surface area contributed by atoms with Gasteiger partial charge in [-0.05, 0) is 37.6 Å². The number of hydrogen-bond donors (Lipinski definition) is 0. The molecule has 0 aliphatic carbocycles. The molecule has 20 heavy (non-hydrogen) atoms. The predicted octanol–water partition coefficient (Wildman–Crippen LogP) is 3.84. The van der Waals surface area contributed by atoms with Crippen molar-refractivity contribution >= 4 is 11.5 Å². The number of aryl methyl sites for hydroxylation is 1. The zero-order valence-corrected chi connectivity index (χ0v) is 11.8. The lowest BCUT2D eigenvalue weighted by molar-refractivity contribution is 0.0999. The fourth-order valence-electron chi connectivity index (χ4n) is 2.21. The number of nitrogens with zero attached hydrogens (tertiary/aromatic N) is 1. The highest BCUT2D eigenvalue weighted by atomic mass is 19.1. The van der Waals surface area contributed by atoms with Crippen LogP contribution in [0.25, 0.3) is 0 Å². The van der Waals surface area contributed by atoms with E-state index in [0.29, 0.717) is 5.56 Å². The molecule has 0 aromatic heterocycles. The van der Waals surface area contributed by atoms with Gasteiger partial charge in [0.2, 0.25) is 0 Å². The molecule has 0 radical (unpaired) electrons. The summed E-state index contributed by atoms with van der Waals surface area (Å²) in [5.41, 5.74) is 2.58. The van der Waals surface area contributed by atoms with Crippen LogP contribution in [0.3, 0.4) is 0 Å². The fraction of sp³-hybridized carbons (Fsp3) is 0.235. The van der Waals surface area contributed by atoms with Gasteiger partial charge in [-0.1, -0.05) is 30.3 Å². The Labute approximate surface area is 118 Å². The molecular formula is C17H18FNO. The minimum atomic E-state index is -0.380. The Morgan fingerprint density at radius 1 is 1.15 bits per heavy atom. The summed E-state index contributed by atoms with van der Waals surface area (Å²) in [6.07, 6.45) is 0. The monoisotopic (exact) mass is 271 g/mol. The van der Waals surface area contributed by atoms with E-state index in [1.165, 1.54) is 12.1 Å². The van der Waals surface area contributed by atoms with Crippen LogP contribution < -0.4 is 4.90 Å². The van der Waals surface area contributed by atoms with Crippen LogP contribution >= 0.6 is 0 Å². The number of carbonyl (C=O) groups excluding carboxylic acids is 1. The highest BCUT2D eigenvalue weighted by Gasteiger charge is 2.13. The van der Waals surface area contributed by atoms with Gasteiger partial charge in [-0.15, -0.1) is 0 Å². The molecule has 0 fully saturated rings. The van der Waals surface area contributed by atoms with E-state index < -0.39 is 0 Å². The number of halogens is 1. The molecule has 3 heteroatoms. The van der Waals surface area contributed by atoms with Gasteiger partial charge in [0.15, 0.2) is 5.78 Å². The van der Waals surface area contributed by atoms with Crippen molar-refractivity contribution in [3.63, 3.8) is 0 Å². The third kappa shape index (κ3) is 3.23. The maximum Gasteiger partial charge on any atom is 0.182 e. The molecule has 0 spiro atoms. The van der Waals surface area contributed by atoms with Gasteiger partial charge in [0.1, 0.15) is 5.82 Å². The summed E-state index contributed by atoms with van der Waals surface area (Å²) in [5, 5.41) is 0. The van der Waals surface area contributed by atoms with Crippen LogP contribution in [0.2, 0.25) is 0 Å². The molecule has 0 saturated carbocycles. The Morgan fingerprint density at radius 3 is 2.55 bits per heavy atom. The topological polar surface area (TPSA) is 20.3 Å². The van der Waals surface area contributed by atoms with Crippen molar-refractivity contribution < 1.29 is 9.18 Å². The summed E-state index contributed by atoms with van der Waals surface area (Å²) < 4.78 is 13.2. The van der Waals surface area contributed by atoms with Crippen molar-refractivity contribution in [3.05, 3.63) is 65.5 Å². The zero-order valence-electron chi connectivity index (χ0n) is 11.8. The van der Waals surface area contributed by atoms with Crippen molar-refractivity contribution in [2.24, 2.45) is 0 Å². The number of hydrogen-bond acceptors (Lipinski definition) is 2. The van der Waals surface area contributed by atoms with E-state index in [9.17, 15) is 9.18 Å². The van der Waals surface area contributed by atoms with E-state index in [4.69, 9.17) is 0 Å². The largest absolute Gasteiger partial charge is 0.364 e. The number of anilines is 1. The first-order valence-corrected chi connectivity index (χ1v) is 6.71. The van der Waals surface area contributed by atoms with Crippen LogP contribution in [0.5, 0.6) is 0 Å². The van der Waals surface area contributed by atoms with Crippen LogP contribution in [-0.4, -0.2) is 18.9 Å². The highest BCUT2D eigenvalue weighted by molar-refractivity contribution is 5.99. The normalized spacial score (nSPS) is 10.3.